The molecule has 1 saturated heterocycles. The van der Waals surface area contributed by atoms with Gasteiger partial charge < -0.3 is 9.88 Å². The van der Waals surface area contributed by atoms with Gasteiger partial charge in [0.2, 0.25) is 5.91 Å². The van der Waals surface area contributed by atoms with E-state index in [9.17, 15) is 14.4 Å². The van der Waals surface area contributed by atoms with Crippen molar-refractivity contribution in [3.63, 3.8) is 0 Å². The van der Waals surface area contributed by atoms with Crippen LogP contribution in [0.3, 0.4) is 0 Å². The predicted molar refractivity (Wildman–Crippen MR) is 154 cm³/mol. The van der Waals surface area contributed by atoms with Gasteiger partial charge in [0.15, 0.2) is 0 Å². The Labute approximate surface area is 230 Å². The summed E-state index contributed by atoms with van der Waals surface area (Å²) in [5.74, 6) is -0.895. The minimum absolute atomic E-state index is 0.290. The molecule has 192 valence electrons. The van der Waals surface area contributed by atoms with Gasteiger partial charge in [0, 0.05) is 39.4 Å². The lowest BCUT2D eigenvalue weighted by Crippen LogP contribution is -2.36. The summed E-state index contributed by atoms with van der Waals surface area (Å²) < 4.78 is 2.16. The fourth-order valence-electron chi connectivity index (χ4n) is 4.61. The van der Waals surface area contributed by atoms with Gasteiger partial charge in [-0.1, -0.05) is 60.1 Å². The second kappa shape index (κ2) is 10.5. The molecule has 1 aliphatic heterocycles. The number of hydrogen-bond donors (Lipinski definition) is 1. The van der Waals surface area contributed by atoms with Crippen LogP contribution < -0.4 is 5.32 Å². The number of hydrogen-bond acceptors (Lipinski definition) is 4. The van der Waals surface area contributed by atoms with Crippen LogP contribution in [0.2, 0.25) is 5.02 Å². The van der Waals surface area contributed by atoms with E-state index >= 15 is 0 Å². The normalized spacial score (nSPS) is 14.6. The first-order valence-electron chi connectivity index (χ1n) is 12.2. The molecule has 1 aromatic heterocycles. The third-order valence-electron chi connectivity index (χ3n) is 6.68. The van der Waals surface area contributed by atoms with Crippen LogP contribution in [0.4, 0.5) is 10.5 Å². The molecule has 5 rings (SSSR count). The number of nitrogens with zero attached hydrogens (tertiary/aromatic N) is 2. The van der Waals surface area contributed by atoms with E-state index < -0.39 is 17.1 Å². The molecule has 2 heterocycles. The van der Waals surface area contributed by atoms with Gasteiger partial charge in [-0.2, -0.15) is 0 Å². The molecule has 4 aromatic rings. The Morgan fingerprint density at radius 1 is 1.00 bits per heavy atom. The second-order valence-electron chi connectivity index (χ2n) is 9.33. The van der Waals surface area contributed by atoms with Crippen molar-refractivity contribution in [2.45, 2.75) is 27.3 Å². The zero-order valence-electron chi connectivity index (χ0n) is 21.2. The van der Waals surface area contributed by atoms with Crippen LogP contribution in [-0.2, 0) is 16.1 Å². The molecule has 3 amide bonds. The number of carbonyl (C=O) groups is 3. The SMILES string of the molecule is Cc1ccc(C)c(NC(=O)CN2C(=O)S/C(=C\c3c(C)n(Cc4ccccc4Cl)c4ccccc34)C2=O)c1. The summed E-state index contributed by atoms with van der Waals surface area (Å²) in [4.78, 5) is 40.0. The zero-order chi connectivity index (χ0) is 27.0. The second-order valence-corrected chi connectivity index (χ2v) is 10.7. The summed E-state index contributed by atoms with van der Waals surface area (Å²) in [6.45, 7) is 6.04. The van der Waals surface area contributed by atoms with Crippen molar-refractivity contribution in [3.05, 3.63) is 105 Å². The molecule has 38 heavy (non-hydrogen) atoms. The number of nitrogens with one attached hydrogen (secondary N) is 1. The highest BCUT2D eigenvalue weighted by Crippen LogP contribution is 2.36. The Balaban J connectivity index is 1.42. The summed E-state index contributed by atoms with van der Waals surface area (Å²) in [5, 5.41) is 4.01. The number of carbonyl (C=O) groups excluding carboxylic acids is 3. The molecule has 1 fully saturated rings. The number of anilines is 1. The molecular weight excluding hydrogens is 518 g/mol. The van der Waals surface area contributed by atoms with Gasteiger partial charge in [0.05, 0.1) is 4.91 Å². The molecule has 0 radical (unpaired) electrons. The first-order chi connectivity index (χ1) is 18.2. The summed E-state index contributed by atoms with van der Waals surface area (Å²) in [6, 6.07) is 21.4. The maximum absolute atomic E-state index is 13.2. The maximum atomic E-state index is 13.2. The number of imide groups is 1. The van der Waals surface area contributed by atoms with Crippen LogP contribution in [0.1, 0.15) is 27.9 Å². The standard InChI is InChI=1S/C30H26ClN3O3S/c1-18-12-13-19(2)25(14-18)32-28(35)17-34-29(36)27(38-30(34)37)15-23-20(3)33(26-11-7-5-9-22(23)26)16-21-8-4-6-10-24(21)31/h4-15H,16-17H2,1-3H3,(H,32,35)/b27-15-. The first kappa shape index (κ1) is 25.8. The van der Waals surface area contributed by atoms with Crippen molar-refractivity contribution in [2.75, 3.05) is 11.9 Å². The number of halogens is 1. The molecule has 8 heteroatoms. The average Bonchev–Trinajstić information content (AvgIpc) is 3.30. The van der Waals surface area contributed by atoms with E-state index in [1.807, 2.05) is 87.5 Å². The summed E-state index contributed by atoms with van der Waals surface area (Å²) >= 11 is 7.28. The third-order valence-corrected chi connectivity index (χ3v) is 7.96. The highest BCUT2D eigenvalue weighted by atomic mass is 35.5. The lowest BCUT2D eigenvalue weighted by Gasteiger charge is -2.14. The molecule has 1 aliphatic rings. The summed E-state index contributed by atoms with van der Waals surface area (Å²) in [5.41, 5.74) is 6.37. The predicted octanol–water partition coefficient (Wildman–Crippen LogP) is 6.94. The van der Waals surface area contributed by atoms with Crippen LogP contribution in [0.5, 0.6) is 0 Å². The van der Waals surface area contributed by atoms with Crippen molar-refractivity contribution in [2.24, 2.45) is 0 Å². The Kier molecular flexibility index (Phi) is 7.15. The lowest BCUT2D eigenvalue weighted by atomic mass is 10.1. The zero-order valence-corrected chi connectivity index (χ0v) is 22.8. The molecule has 0 spiro atoms. The molecule has 3 aromatic carbocycles. The van der Waals surface area contributed by atoms with Gasteiger partial charge >= 0.3 is 0 Å². The van der Waals surface area contributed by atoms with E-state index in [0.717, 1.165) is 55.5 Å². The molecule has 0 aliphatic carbocycles. The topological polar surface area (TPSA) is 71.4 Å². The third kappa shape index (κ3) is 4.99. The number of fused-ring (bicyclic) bond motifs is 1. The van der Waals surface area contributed by atoms with Crippen LogP contribution in [0.25, 0.3) is 17.0 Å². The number of benzene rings is 3. The minimum Gasteiger partial charge on any atom is -0.340 e. The van der Waals surface area contributed by atoms with Gasteiger partial charge in [0.1, 0.15) is 6.54 Å². The van der Waals surface area contributed by atoms with Gasteiger partial charge in [-0.25, -0.2) is 0 Å². The molecule has 1 N–H and O–H groups in total. The van der Waals surface area contributed by atoms with E-state index in [1.165, 1.54) is 0 Å². The van der Waals surface area contributed by atoms with E-state index in [4.69, 9.17) is 11.6 Å². The molecule has 0 bridgehead atoms. The average molecular weight is 544 g/mol. The number of aromatic nitrogens is 1. The number of thioether (sulfide) groups is 1. The Bertz CT molecular complexity index is 1640. The lowest BCUT2D eigenvalue weighted by molar-refractivity contribution is -0.127. The fourth-order valence-corrected chi connectivity index (χ4v) is 5.63. The van der Waals surface area contributed by atoms with Crippen LogP contribution in [0.15, 0.2) is 71.6 Å². The van der Waals surface area contributed by atoms with Crippen molar-refractivity contribution < 1.29 is 14.4 Å². The number of rotatable bonds is 6. The summed E-state index contributed by atoms with van der Waals surface area (Å²) in [6.07, 6.45) is 1.76. The number of amides is 3. The largest absolute Gasteiger partial charge is 0.340 e. The van der Waals surface area contributed by atoms with E-state index in [-0.39, 0.29) is 6.54 Å². The first-order valence-corrected chi connectivity index (χ1v) is 13.4. The molecule has 0 saturated carbocycles. The van der Waals surface area contributed by atoms with Crippen molar-refractivity contribution in [1.29, 1.82) is 0 Å². The molecule has 6 nitrogen and oxygen atoms in total. The maximum Gasteiger partial charge on any atom is 0.294 e. The highest BCUT2D eigenvalue weighted by Gasteiger charge is 2.36. The highest BCUT2D eigenvalue weighted by molar-refractivity contribution is 8.18. The smallest absolute Gasteiger partial charge is 0.294 e. The van der Waals surface area contributed by atoms with E-state index in [0.29, 0.717) is 22.2 Å². The fraction of sp³-hybridized carbons (Fsp3) is 0.167. The van der Waals surface area contributed by atoms with E-state index in [2.05, 4.69) is 9.88 Å². The quantitative estimate of drug-likeness (QED) is 0.267. The van der Waals surface area contributed by atoms with Crippen molar-refractivity contribution in [3.8, 4) is 0 Å². The van der Waals surface area contributed by atoms with Gasteiger partial charge in [-0.15, -0.1) is 0 Å². The molecular formula is C30H26ClN3O3S. The molecule has 0 unspecified atom stereocenters. The van der Waals surface area contributed by atoms with E-state index in [1.54, 1.807) is 6.08 Å². The molecule has 0 atom stereocenters. The minimum atomic E-state index is -0.474. The van der Waals surface area contributed by atoms with Crippen molar-refractivity contribution >= 4 is 63.1 Å². The summed E-state index contributed by atoms with van der Waals surface area (Å²) in [7, 11) is 0. The number of para-hydroxylation sites is 1. The Morgan fingerprint density at radius 3 is 2.53 bits per heavy atom. The van der Waals surface area contributed by atoms with Gasteiger partial charge in [-0.3, -0.25) is 19.3 Å². The Hall–Kier alpha value is -3.81. The van der Waals surface area contributed by atoms with Crippen LogP contribution in [0, 0.1) is 20.8 Å². The number of aryl methyl sites for hydroxylation is 2. The van der Waals surface area contributed by atoms with Crippen LogP contribution in [-0.4, -0.2) is 33.1 Å². The monoisotopic (exact) mass is 543 g/mol. The Morgan fingerprint density at radius 2 is 1.74 bits per heavy atom. The van der Waals surface area contributed by atoms with Gasteiger partial charge in [-0.05, 0) is 73.5 Å². The van der Waals surface area contributed by atoms with Gasteiger partial charge in [0.25, 0.3) is 11.1 Å². The van der Waals surface area contributed by atoms with Crippen molar-refractivity contribution in [1.82, 2.24) is 9.47 Å². The van der Waals surface area contributed by atoms with Crippen LogP contribution >= 0.6 is 23.4 Å².